The van der Waals surface area contributed by atoms with Crippen molar-refractivity contribution < 1.29 is 9.53 Å². The molecule has 1 amide bonds. The summed E-state index contributed by atoms with van der Waals surface area (Å²) in [6.07, 6.45) is 1.26. The zero-order chi connectivity index (χ0) is 15.2. The molecule has 0 saturated carbocycles. The lowest BCUT2D eigenvalue weighted by Crippen LogP contribution is -2.12. The fourth-order valence-electron chi connectivity index (χ4n) is 1.81. The number of carbonyl (C=O) groups excluding carboxylic acids is 1. The average Bonchev–Trinajstić information content (AvgIpc) is 2.85. The predicted octanol–water partition coefficient (Wildman–Crippen LogP) is 1.43. The summed E-state index contributed by atoms with van der Waals surface area (Å²) in [7, 11) is 0. The Labute approximate surface area is 122 Å². The van der Waals surface area contributed by atoms with Gasteiger partial charge in [0.25, 0.3) is 5.91 Å². The Morgan fingerprint density at radius 1 is 1.48 bits per heavy atom. The minimum Gasteiger partial charge on any atom is -0.483 e. The highest BCUT2D eigenvalue weighted by atomic mass is 16.5. The van der Waals surface area contributed by atoms with Crippen LogP contribution in [-0.4, -0.2) is 33.9 Å². The van der Waals surface area contributed by atoms with E-state index in [-0.39, 0.29) is 5.69 Å². The lowest BCUT2D eigenvalue weighted by atomic mass is 10.1. The number of aromatic nitrogens is 3. The van der Waals surface area contributed by atoms with E-state index in [2.05, 4.69) is 15.3 Å². The Morgan fingerprint density at radius 2 is 2.24 bits per heavy atom. The van der Waals surface area contributed by atoms with Crippen LogP contribution in [0.15, 0.2) is 29.3 Å². The van der Waals surface area contributed by atoms with Crippen molar-refractivity contribution in [1.82, 2.24) is 15.0 Å². The second-order valence-electron chi connectivity index (χ2n) is 4.40. The molecule has 0 spiro atoms. The summed E-state index contributed by atoms with van der Waals surface area (Å²) in [5.74, 6) is -0.381. The molecule has 2 rings (SSSR count). The van der Waals surface area contributed by atoms with Crippen LogP contribution in [0.2, 0.25) is 0 Å². The average molecular weight is 287 g/mol. The van der Waals surface area contributed by atoms with Crippen LogP contribution in [0.1, 0.15) is 28.5 Å². The first kappa shape index (κ1) is 14.7. The Balaban J connectivity index is 2.35. The number of primary amides is 1. The maximum Gasteiger partial charge on any atom is 0.273 e. The molecule has 7 heteroatoms. The summed E-state index contributed by atoms with van der Waals surface area (Å²) < 4.78 is 6.58. The first-order valence-corrected chi connectivity index (χ1v) is 6.55. The second kappa shape index (κ2) is 6.65. The number of aliphatic imine (C=N–C) groups is 1. The van der Waals surface area contributed by atoms with Gasteiger partial charge in [-0.05, 0) is 25.0 Å². The van der Waals surface area contributed by atoms with E-state index in [1.54, 1.807) is 0 Å². The summed E-state index contributed by atoms with van der Waals surface area (Å²) in [5, 5.41) is 7.74. The summed E-state index contributed by atoms with van der Waals surface area (Å²) in [6, 6.07) is 7.89. The molecule has 2 N–H and O–H groups in total. The molecule has 0 atom stereocenters. The van der Waals surface area contributed by atoms with Gasteiger partial charge < -0.3 is 10.5 Å². The van der Waals surface area contributed by atoms with Crippen molar-refractivity contribution in [3.8, 4) is 0 Å². The van der Waals surface area contributed by atoms with E-state index in [4.69, 9.17) is 10.5 Å². The van der Waals surface area contributed by atoms with Crippen molar-refractivity contribution in [2.75, 3.05) is 6.61 Å². The smallest absolute Gasteiger partial charge is 0.273 e. The van der Waals surface area contributed by atoms with Crippen LogP contribution >= 0.6 is 0 Å². The highest BCUT2D eigenvalue weighted by Crippen LogP contribution is 2.18. The molecule has 7 nitrogen and oxygen atoms in total. The molecular weight excluding hydrogens is 270 g/mol. The molecule has 0 aliphatic rings. The summed E-state index contributed by atoms with van der Waals surface area (Å²) in [6.45, 7) is 4.77. The van der Waals surface area contributed by atoms with Gasteiger partial charge in [-0.25, -0.2) is 4.68 Å². The summed E-state index contributed by atoms with van der Waals surface area (Å²) in [5.41, 5.74) is 7.49. The molecule has 0 aliphatic heterocycles. The lowest BCUT2D eigenvalue weighted by molar-refractivity contribution is 0.0996. The molecule has 0 fully saturated rings. The fourth-order valence-corrected chi connectivity index (χ4v) is 1.81. The van der Waals surface area contributed by atoms with Crippen molar-refractivity contribution in [1.29, 1.82) is 0 Å². The van der Waals surface area contributed by atoms with Gasteiger partial charge in [0.2, 0.25) is 0 Å². The van der Waals surface area contributed by atoms with E-state index < -0.39 is 5.91 Å². The van der Waals surface area contributed by atoms with E-state index in [0.717, 1.165) is 11.1 Å². The van der Waals surface area contributed by atoms with Crippen LogP contribution < -0.4 is 5.73 Å². The fraction of sp³-hybridized carbons (Fsp3) is 0.286. The number of nitrogens with zero attached hydrogens (tertiary/aromatic N) is 4. The van der Waals surface area contributed by atoms with Crippen molar-refractivity contribution in [3.05, 3.63) is 41.1 Å². The molecule has 1 aromatic carbocycles. The van der Waals surface area contributed by atoms with Gasteiger partial charge in [0.15, 0.2) is 17.9 Å². The number of nitrogens with two attached hydrogens (primary N) is 1. The molecule has 0 radical (unpaired) electrons. The third-order valence-electron chi connectivity index (χ3n) is 2.94. The Hall–Kier alpha value is -2.70. The first-order chi connectivity index (χ1) is 10.1. The zero-order valence-corrected chi connectivity index (χ0v) is 12.0. The Morgan fingerprint density at radius 3 is 2.90 bits per heavy atom. The minimum absolute atomic E-state index is 0.0273. The highest BCUT2D eigenvalue weighted by Gasteiger charge is 2.17. The quantitative estimate of drug-likeness (QED) is 0.642. The van der Waals surface area contributed by atoms with Gasteiger partial charge in [-0.3, -0.25) is 4.79 Å². The molecule has 0 unspecified atom stereocenters. The summed E-state index contributed by atoms with van der Waals surface area (Å²) >= 11 is 0. The zero-order valence-electron chi connectivity index (χ0n) is 12.0. The Kier molecular flexibility index (Phi) is 4.65. The van der Waals surface area contributed by atoms with Crippen LogP contribution in [0.3, 0.4) is 0 Å². The molecule has 110 valence electrons. The number of amides is 1. The SMILES string of the molecule is CCO/C=N/c1c(C(N)=O)nnn1Cc1ccccc1C. The second-order valence-corrected chi connectivity index (χ2v) is 4.40. The molecule has 1 aromatic heterocycles. The first-order valence-electron chi connectivity index (χ1n) is 6.55. The third kappa shape index (κ3) is 3.44. The van der Waals surface area contributed by atoms with Gasteiger partial charge in [0, 0.05) is 0 Å². The Bertz CT molecular complexity index is 663. The number of aryl methyl sites for hydroxylation is 1. The molecule has 0 aliphatic carbocycles. The van der Waals surface area contributed by atoms with E-state index >= 15 is 0 Å². The van der Waals surface area contributed by atoms with E-state index in [9.17, 15) is 4.79 Å². The molecule has 2 aromatic rings. The number of hydrogen-bond donors (Lipinski definition) is 1. The largest absolute Gasteiger partial charge is 0.483 e. The van der Waals surface area contributed by atoms with Crippen LogP contribution in [-0.2, 0) is 11.3 Å². The third-order valence-corrected chi connectivity index (χ3v) is 2.94. The topological polar surface area (TPSA) is 95.4 Å². The number of carbonyl (C=O) groups is 1. The molecule has 0 saturated heterocycles. The van der Waals surface area contributed by atoms with E-state index in [0.29, 0.717) is 19.0 Å². The molecule has 21 heavy (non-hydrogen) atoms. The van der Waals surface area contributed by atoms with E-state index in [1.807, 2.05) is 38.1 Å². The van der Waals surface area contributed by atoms with Crippen LogP contribution in [0.25, 0.3) is 0 Å². The maximum atomic E-state index is 11.4. The molecular formula is C14H17N5O2. The van der Waals surface area contributed by atoms with Crippen LogP contribution in [0.5, 0.6) is 0 Å². The maximum absolute atomic E-state index is 11.4. The number of benzene rings is 1. The number of rotatable bonds is 6. The van der Waals surface area contributed by atoms with Gasteiger partial charge >= 0.3 is 0 Å². The lowest BCUT2D eigenvalue weighted by Gasteiger charge is -2.06. The monoisotopic (exact) mass is 287 g/mol. The van der Waals surface area contributed by atoms with Crippen molar-refractivity contribution in [3.63, 3.8) is 0 Å². The van der Waals surface area contributed by atoms with Gasteiger partial charge in [-0.1, -0.05) is 29.5 Å². The van der Waals surface area contributed by atoms with E-state index in [1.165, 1.54) is 11.1 Å². The number of ether oxygens (including phenoxy) is 1. The van der Waals surface area contributed by atoms with Crippen molar-refractivity contribution in [2.45, 2.75) is 20.4 Å². The van der Waals surface area contributed by atoms with Gasteiger partial charge in [0.1, 0.15) is 0 Å². The normalized spacial score (nSPS) is 11.0. The standard InChI is InChI=1S/C14H17N5O2/c1-3-21-9-16-14-12(13(15)20)17-18-19(14)8-11-7-5-4-6-10(11)2/h4-7,9H,3,8H2,1-2H3,(H2,15,20)/b16-9+. The van der Waals surface area contributed by atoms with Gasteiger partial charge in [0.05, 0.1) is 13.2 Å². The van der Waals surface area contributed by atoms with Crippen molar-refractivity contribution in [2.24, 2.45) is 10.7 Å². The molecule has 0 bridgehead atoms. The van der Waals surface area contributed by atoms with Gasteiger partial charge in [-0.15, -0.1) is 5.10 Å². The van der Waals surface area contributed by atoms with Gasteiger partial charge in [-0.2, -0.15) is 4.99 Å². The van der Waals surface area contributed by atoms with Crippen LogP contribution in [0.4, 0.5) is 5.82 Å². The summed E-state index contributed by atoms with van der Waals surface area (Å²) in [4.78, 5) is 15.5. The predicted molar refractivity (Wildman–Crippen MR) is 78.6 cm³/mol. The number of hydrogen-bond acceptors (Lipinski definition) is 5. The van der Waals surface area contributed by atoms with Crippen LogP contribution in [0, 0.1) is 6.92 Å². The highest BCUT2D eigenvalue weighted by molar-refractivity contribution is 5.95. The van der Waals surface area contributed by atoms with Crippen molar-refractivity contribution >= 4 is 18.1 Å². The molecule has 1 heterocycles. The minimum atomic E-state index is -0.672.